The van der Waals surface area contributed by atoms with Crippen LogP contribution < -0.4 is 21.7 Å². The Balaban J connectivity index is 1.70. The van der Waals surface area contributed by atoms with Crippen molar-refractivity contribution < 1.29 is 24.3 Å². The van der Waals surface area contributed by atoms with E-state index in [0.29, 0.717) is 12.1 Å². The smallest absolute Gasteiger partial charge is 0.326 e. The van der Waals surface area contributed by atoms with Gasteiger partial charge < -0.3 is 36.8 Å². The SMILES string of the molecule is CCC(C)C(NC(=O)C(CS)NC(=O)C(Cc1cnc[nH]1)NC(=O)C(N)Cc1c[nH]c2ccccc12)C(=O)O. The number of rotatable bonds is 14. The molecular formula is C26H35N7O5S. The van der Waals surface area contributed by atoms with E-state index in [1.54, 1.807) is 13.1 Å². The van der Waals surface area contributed by atoms with Gasteiger partial charge in [0.05, 0.1) is 12.4 Å². The van der Waals surface area contributed by atoms with Crippen LogP contribution in [-0.4, -0.2) is 73.7 Å². The lowest BCUT2D eigenvalue weighted by Crippen LogP contribution is -2.58. The van der Waals surface area contributed by atoms with Gasteiger partial charge in [-0.15, -0.1) is 0 Å². The van der Waals surface area contributed by atoms with E-state index in [1.165, 1.54) is 12.5 Å². The third kappa shape index (κ3) is 7.83. The van der Waals surface area contributed by atoms with Gasteiger partial charge in [0.15, 0.2) is 0 Å². The first-order valence-electron chi connectivity index (χ1n) is 12.7. The highest BCUT2D eigenvalue weighted by molar-refractivity contribution is 7.80. The van der Waals surface area contributed by atoms with Crippen molar-refractivity contribution in [3.05, 3.63) is 54.2 Å². The van der Waals surface area contributed by atoms with Crippen molar-refractivity contribution in [2.24, 2.45) is 11.7 Å². The minimum atomic E-state index is -1.17. The van der Waals surface area contributed by atoms with Crippen molar-refractivity contribution in [1.82, 2.24) is 30.9 Å². The van der Waals surface area contributed by atoms with Gasteiger partial charge in [-0.2, -0.15) is 12.6 Å². The molecule has 3 amide bonds. The first-order chi connectivity index (χ1) is 18.6. The molecule has 3 aromatic rings. The zero-order valence-electron chi connectivity index (χ0n) is 21.8. The van der Waals surface area contributed by atoms with Gasteiger partial charge in [0, 0.05) is 41.2 Å². The average Bonchev–Trinajstić information content (AvgIpc) is 3.59. The maximum absolute atomic E-state index is 13.3. The summed E-state index contributed by atoms with van der Waals surface area (Å²) < 4.78 is 0. The lowest BCUT2D eigenvalue weighted by molar-refractivity contribution is -0.143. The van der Waals surface area contributed by atoms with Gasteiger partial charge >= 0.3 is 5.97 Å². The molecular weight excluding hydrogens is 522 g/mol. The molecule has 0 aliphatic carbocycles. The number of imidazole rings is 1. The van der Waals surface area contributed by atoms with Crippen LogP contribution in [0.5, 0.6) is 0 Å². The maximum atomic E-state index is 13.3. The minimum Gasteiger partial charge on any atom is -0.480 e. The van der Waals surface area contributed by atoms with Crippen LogP contribution >= 0.6 is 12.6 Å². The molecule has 0 spiro atoms. The summed E-state index contributed by atoms with van der Waals surface area (Å²) in [5, 5.41) is 18.2. The number of carbonyl (C=O) groups is 4. The van der Waals surface area contributed by atoms with Crippen LogP contribution in [0.2, 0.25) is 0 Å². The second-order valence-electron chi connectivity index (χ2n) is 9.47. The molecule has 8 N–H and O–H groups in total. The van der Waals surface area contributed by atoms with Crippen molar-refractivity contribution in [2.45, 2.75) is 57.3 Å². The van der Waals surface area contributed by atoms with Crippen LogP contribution in [0.1, 0.15) is 31.5 Å². The summed E-state index contributed by atoms with van der Waals surface area (Å²) in [4.78, 5) is 60.8. The predicted molar refractivity (Wildman–Crippen MR) is 149 cm³/mol. The van der Waals surface area contributed by atoms with Gasteiger partial charge in [-0.25, -0.2) is 9.78 Å². The number of hydrogen-bond acceptors (Lipinski definition) is 7. The number of carbonyl (C=O) groups excluding carboxylic acids is 3. The van der Waals surface area contributed by atoms with E-state index in [0.717, 1.165) is 16.5 Å². The molecule has 0 bridgehead atoms. The number of aromatic amines is 2. The molecule has 2 aromatic heterocycles. The van der Waals surface area contributed by atoms with Gasteiger partial charge in [0.2, 0.25) is 17.7 Å². The van der Waals surface area contributed by atoms with Crippen LogP contribution in [0.15, 0.2) is 43.0 Å². The number of para-hydroxylation sites is 1. The van der Waals surface area contributed by atoms with Crippen molar-refractivity contribution >= 4 is 47.2 Å². The number of benzene rings is 1. The van der Waals surface area contributed by atoms with Gasteiger partial charge in [-0.05, 0) is 24.0 Å². The number of nitrogens with one attached hydrogen (secondary N) is 5. The first kappa shape index (κ1) is 29.7. The van der Waals surface area contributed by atoms with Crippen LogP contribution in [0.4, 0.5) is 0 Å². The van der Waals surface area contributed by atoms with Crippen molar-refractivity contribution in [1.29, 1.82) is 0 Å². The van der Waals surface area contributed by atoms with E-state index in [-0.39, 0.29) is 24.5 Å². The van der Waals surface area contributed by atoms with Crippen LogP contribution in [0.25, 0.3) is 10.9 Å². The molecule has 0 fully saturated rings. The number of fused-ring (bicyclic) bond motifs is 1. The van der Waals surface area contributed by atoms with E-state index in [4.69, 9.17) is 5.73 Å². The summed E-state index contributed by atoms with van der Waals surface area (Å²) in [6, 6.07) is 3.36. The summed E-state index contributed by atoms with van der Waals surface area (Å²) in [6.07, 6.45) is 5.59. The van der Waals surface area contributed by atoms with Crippen LogP contribution in [-0.2, 0) is 32.0 Å². The quantitative estimate of drug-likeness (QED) is 0.132. The number of carboxylic acids is 1. The molecule has 12 nitrogen and oxygen atoms in total. The highest BCUT2D eigenvalue weighted by Crippen LogP contribution is 2.19. The largest absolute Gasteiger partial charge is 0.480 e. The highest BCUT2D eigenvalue weighted by Gasteiger charge is 2.31. The molecule has 13 heteroatoms. The normalized spacial score (nSPS) is 15.1. The molecule has 5 unspecified atom stereocenters. The van der Waals surface area contributed by atoms with Crippen LogP contribution in [0, 0.1) is 5.92 Å². The van der Waals surface area contributed by atoms with Gasteiger partial charge in [-0.3, -0.25) is 14.4 Å². The summed E-state index contributed by atoms with van der Waals surface area (Å²) in [5.74, 6) is -3.47. The lowest BCUT2D eigenvalue weighted by Gasteiger charge is -2.25. The van der Waals surface area contributed by atoms with Crippen molar-refractivity contribution in [3.8, 4) is 0 Å². The summed E-state index contributed by atoms with van der Waals surface area (Å²) >= 11 is 4.17. The Morgan fingerprint density at radius 1 is 1.03 bits per heavy atom. The van der Waals surface area contributed by atoms with Crippen molar-refractivity contribution in [3.63, 3.8) is 0 Å². The average molecular weight is 558 g/mol. The van der Waals surface area contributed by atoms with Gasteiger partial charge in [0.25, 0.3) is 0 Å². The van der Waals surface area contributed by atoms with E-state index in [9.17, 15) is 24.3 Å². The molecule has 0 saturated carbocycles. The zero-order chi connectivity index (χ0) is 28.5. The number of hydrogen-bond donors (Lipinski definition) is 8. The molecule has 1 aromatic carbocycles. The Morgan fingerprint density at radius 3 is 2.36 bits per heavy atom. The fraction of sp³-hybridized carbons (Fsp3) is 0.423. The van der Waals surface area contributed by atoms with Crippen molar-refractivity contribution in [2.75, 3.05) is 5.75 Å². The Bertz CT molecular complexity index is 1280. The minimum absolute atomic E-state index is 0.0584. The molecule has 2 heterocycles. The maximum Gasteiger partial charge on any atom is 0.326 e. The van der Waals surface area contributed by atoms with Gasteiger partial charge in [0.1, 0.15) is 18.1 Å². The number of nitrogens with zero attached hydrogens (tertiary/aromatic N) is 1. The molecule has 0 aliphatic rings. The predicted octanol–water partition coefficient (Wildman–Crippen LogP) is 0.518. The second-order valence-corrected chi connectivity index (χ2v) is 9.83. The number of nitrogens with two attached hydrogens (primary N) is 1. The lowest BCUT2D eigenvalue weighted by atomic mass is 9.99. The zero-order valence-corrected chi connectivity index (χ0v) is 22.7. The number of carboxylic acid groups (broad SMARTS) is 1. The fourth-order valence-corrected chi connectivity index (χ4v) is 4.39. The number of amides is 3. The first-order valence-corrected chi connectivity index (χ1v) is 13.3. The monoisotopic (exact) mass is 557 g/mol. The third-order valence-corrected chi connectivity index (χ3v) is 7.02. The van der Waals surface area contributed by atoms with E-state index in [1.807, 2.05) is 31.2 Å². The Morgan fingerprint density at radius 2 is 1.72 bits per heavy atom. The Hall–Kier alpha value is -3.84. The van der Waals surface area contributed by atoms with Crippen LogP contribution in [0.3, 0.4) is 0 Å². The molecule has 3 rings (SSSR count). The fourth-order valence-electron chi connectivity index (χ4n) is 4.14. The summed E-state index contributed by atoms with van der Waals surface area (Å²) in [5.41, 5.74) is 8.58. The van der Waals surface area contributed by atoms with E-state index >= 15 is 0 Å². The summed E-state index contributed by atoms with van der Waals surface area (Å²) in [7, 11) is 0. The standard InChI is InChI=1S/C26H35N7O5S/c1-3-14(2)22(26(37)38)33-25(36)21(12-39)32-24(35)20(9-16-11-28-13-30-16)31-23(34)18(27)8-15-10-29-19-7-5-4-6-17(15)19/h4-7,10-11,13-14,18,20-22,29,39H,3,8-9,12,27H2,1-2H3,(H,28,30)(H,31,34)(H,32,35)(H,33,36)(H,37,38). The topological polar surface area (TPSA) is 195 Å². The molecule has 210 valence electrons. The summed E-state index contributed by atoms with van der Waals surface area (Å²) in [6.45, 7) is 3.53. The van der Waals surface area contributed by atoms with E-state index < -0.39 is 47.9 Å². The van der Waals surface area contributed by atoms with E-state index in [2.05, 4.69) is 43.5 Å². The number of aromatic nitrogens is 3. The second kappa shape index (κ2) is 13.8. The highest BCUT2D eigenvalue weighted by atomic mass is 32.1. The third-order valence-electron chi connectivity index (χ3n) is 6.66. The van der Waals surface area contributed by atoms with Gasteiger partial charge in [-0.1, -0.05) is 38.5 Å². The molecule has 5 atom stereocenters. The Labute approximate surface area is 231 Å². The molecule has 39 heavy (non-hydrogen) atoms. The molecule has 0 aliphatic heterocycles. The Kier molecular flexibility index (Phi) is 10.5. The number of thiol groups is 1. The number of H-pyrrole nitrogens is 2. The molecule has 0 saturated heterocycles. The number of aliphatic carboxylic acids is 1. The molecule has 0 radical (unpaired) electrons.